The molecule has 1 aromatic rings. The molecule has 4 amide bonds. The lowest BCUT2D eigenvalue weighted by atomic mass is 9.51. The summed E-state index contributed by atoms with van der Waals surface area (Å²) in [5, 5.41) is 24.1. The largest absolute Gasteiger partial charge is 0.506 e. The van der Waals surface area contributed by atoms with Crippen LogP contribution in [0, 0.1) is 11.8 Å². The number of unbranched alkanes of at least 4 members (excludes halogenated alkanes) is 1. The van der Waals surface area contributed by atoms with E-state index < -0.39 is 40.0 Å². The number of rotatable bonds is 16. The summed E-state index contributed by atoms with van der Waals surface area (Å²) in [6.45, 7) is 16.1. The Morgan fingerprint density at radius 3 is 2.45 bits per heavy atom. The second-order valence-electron chi connectivity index (χ2n) is 19.9. The fraction of sp³-hybridized carbons (Fsp3) is 0.580. The van der Waals surface area contributed by atoms with Gasteiger partial charge in [0.2, 0.25) is 11.8 Å². The molecule has 1 aromatic carbocycles. The molecule has 5 heterocycles. The van der Waals surface area contributed by atoms with Gasteiger partial charge < -0.3 is 40.6 Å². The number of Topliss-reactive ketones (excluding diaryl/α,β-unsaturated/α-hetero) is 2. The number of nitrogens with one attached hydrogen (secondary N) is 4. The molecular weight excluding hydrogens is 833 g/mol. The molecule has 4 fully saturated rings. The van der Waals surface area contributed by atoms with Crippen LogP contribution in [-0.2, 0) is 25.5 Å². The highest BCUT2D eigenvalue weighted by Crippen LogP contribution is 2.68. The summed E-state index contributed by atoms with van der Waals surface area (Å²) < 4.78 is 21.1. The van der Waals surface area contributed by atoms with Gasteiger partial charge in [0, 0.05) is 65.5 Å². The molecular formula is C50H64N4O9S. The third-order valence-corrected chi connectivity index (χ3v) is 15.8. The fourth-order valence-corrected chi connectivity index (χ4v) is 12.6. The van der Waals surface area contributed by atoms with Crippen LogP contribution in [0.1, 0.15) is 128 Å². The number of ether oxygens (including phenoxy) is 3. The zero-order chi connectivity index (χ0) is 45.9. The first kappa shape index (κ1) is 45.7. The van der Waals surface area contributed by atoms with Gasteiger partial charge in [0.05, 0.1) is 23.2 Å². The van der Waals surface area contributed by atoms with Crippen molar-refractivity contribution in [3.05, 3.63) is 69.4 Å². The van der Waals surface area contributed by atoms with Crippen LogP contribution in [0.15, 0.2) is 52.7 Å². The number of benzene rings is 1. The minimum Gasteiger partial charge on any atom is -0.506 e. The lowest BCUT2D eigenvalue weighted by molar-refractivity contribution is -0.171. The van der Waals surface area contributed by atoms with Gasteiger partial charge in [-0.25, -0.2) is 4.79 Å². The second-order valence-corrected chi connectivity index (χ2v) is 21.2. The predicted molar refractivity (Wildman–Crippen MR) is 247 cm³/mol. The summed E-state index contributed by atoms with van der Waals surface area (Å²) in [6, 6.07) is 0.230. The van der Waals surface area contributed by atoms with Crippen molar-refractivity contribution in [3.8, 4) is 17.2 Å². The van der Waals surface area contributed by atoms with Gasteiger partial charge in [0.15, 0.2) is 22.8 Å². The van der Waals surface area contributed by atoms with E-state index in [9.17, 15) is 24.3 Å². The van der Waals surface area contributed by atoms with E-state index in [1.54, 1.807) is 19.1 Å². The van der Waals surface area contributed by atoms with Crippen LogP contribution in [0.4, 0.5) is 4.79 Å². The Labute approximate surface area is 380 Å². The van der Waals surface area contributed by atoms with E-state index in [0.29, 0.717) is 59.0 Å². The summed E-state index contributed by atoms with van der Waals surface area (Å²) in [5.74, 6) is -0.729. The first-order valence-corrected chi connectivity index (χ1v) is 24.0. The van der Waals surface area contributed by atoms with E-state index in [-0.39, 0.29) is 72.3 Å². The second kappa shape index (κ2) is 17.2. The van der Waals surface area contributed by atoms with Gasteiger partial charge in [-0.3, -0.25) is 19.2 Å². The Hall–Kier alpha value is -4.82. The van der Waals surface area contributed by atoms with Crippen molar-refractivity contribution < 1.29 is 43.3 Å². The molecule has 64 heavy (non-hydrogen) atoms. The van der Waals surface area contributed by atoms with Crippen molar-refractivity contribution in [3.63, 3.8) is 0 Å². The van der Waals surface area contributed by atoms with E-state index >= 15 is 4.79 Å². The minimum atomic E-state index is -1.64. The van der Waals surface area contributed by atoms with Gasteiger partial charge >= 0.3 is 6.03 Å². The highest BCUT2D eigenvalue weighted by molar-refractivity contribution is 8.00. The zero-order valence-corrected chi connectivity index (χ0v) is 39.3. The number of ketones is 2. The van der Waals surface area contributed by atoms with Crippen LogP contribution >= 0.6 is 11.8 Å². The quantitative estimate of drug-likeness (QED) is 0.0497. The van der Waals surface area contributed by atoms with Crippen LogP contribution in [-0.4, -0.2) is 93.1 Å². The van der Waals surface area contributed by atoms with Gasteiger partial charge in [0.1, 0.15) is 28.4 Å². The SMILES string of the molecule is CC(C)=CCCC1(C)C=Cc2c(O)c3c(c(CC=C(C)C)c2O1)OC12C(=CC4CC1C(C)(C)OC2(CC=C(C)C(=O)NCCNC(=O)CCCCC1SC[C@@H]2NC(=O)N[C@H]12)C4=O)C3=O. The van der Waals surface area contributed by atoms with Gasteiger partial charge in [-0.05, 0) is 106 Å². The molecule has 344 valence electrons. The van der Waals surface area contributed by atoms with Crippen molar-refractivity contribution in [1.82, 2.24) is 21.3 Å². The van der Waals surface area contributed by atoms with Crippen LogP contribution in [0.5, 0.6) is 17.2 Å². The molecule has 8 atom stereocenters. The number of amides is 4. The molecule has 1 saturated carbocycles. The molecule has 9 rings (SSSR count). The van der Waals surface area contributed by atoms with E-state index in [1.165, 1.54) is 5.57 Å². The van der Waals surface area contributed by atoms with Crippen molar-refractivity contribution in [2.45, 2.75) is 153 Å². The number of fused-ring (bicyclic) bond motifs is 3. The average Bonchev–Trinajstić information content (AvgIpc) is 3.83. The van der Waals surface area contributed by atoms with Crippen LogP contribution < -0.4 is 30.7 Å². The van der Waals surface area contributed by atoms with E-state index in [2.05, 4.69) is 41.2 Å². The van der Waals surface area contributed by atoms with E-state index in [0.717, 1.165) is 37.0 Å². The third kappa shape index (κ3) is 7.90. The molecule has 14 heteroatoms. The number of allylic oxidation sites excluding steroid dienone is 5. The molecule has 0 radical (unpaired) electrons. The summed E-state index contributed by atoms with van der Waals surface area (Å²) in [6.07, 6.45) is 16.6. The average molecular weight is 897 g/mol. The normalized spacial score (nSPS) is 31.0. The first-order chi connectivity index (χ1) is 30.3. The lowest BCUT2D eigenvalue weighted by Gasteiger charge is -2.56. The highest BCUT2D eigenvalue weighted by Gasteiger charge is 2.81. The third-order valence-electron chi connectivity index (χ3n) is 14.3. The fourth-order valence-electron chi connectivity index (χ4n) is 11.1. The summed E-state index contributed by atoms with van der Waals surface area (Å²) >= 11 is 1.86. The maximum absolute atomic E-state index is 15.1. The number of carbonyl (C=O) groups excluding carboxylic acids is 5. The molecule has 13 nitrogen and oxygen atoms in total. The summed E-state index contributed by atoms with van der Waals surface area (Å²) in [5.41, 5.74) is -0.761. The van der Waals surface area contributed by atoms with Gasteiger partial charge in [0.25, 0.3) is 0 Å². The zero-order valence-electron chi connectivity index (χ0n) is 38.5. The molecule has 3 saturated heterocycles. The number of phenols is 1. The minimum absolute atomic E-state index is 0.0241. The molecule has 8 aliphatic rings. The molecule has 3 aliphatic carbocycles. The standard InChI is InChI=1S/C50H64N4O9S/c1-27(2)12-11-19-48(8)20-18-31-40(56)38-41(57)33-24-30-25-36-47(6,7)63-49(44(30)58,50(33,36)62-43(38)32(42(31)61-48)16-15-28(3)4)21-17-29(5)45(59)52-23-22-51-37(55)14-10-9-13-35-39-34(26-64-35)53-46(60)54-39/h12,15,17-18,20,24,30,34-36,39,56H,9-11,13-14,16,19,21-23,25-26H2,1-8H3,(H,51,55)(H,52,59)(H2,53,54,60)/t30?,34-,35?,36?,39-,48?,49?,50?/m0/s1. The van der Waals surface area contributed by atoms with Crippen molar-refractivity contribution in [2.24, 2.45) is 11.8 Å². The predicted octanol–water partition coefficient (Wildman–Crippen LogP) is 7.11. The van der Waals surface area contributed by atoms with Crippen LogP contribution in [0.2, 0.25) is 0 Å². The van der Waals surface area contributed by atoms with Gasteiger partial charge in [-0.2, -0.15) is 11.8 Å². The molecule has 4 bridgehead atoms. The number of aromatic hydroxyl groups is 1. The van der Waals surface area contributed by atoms with Crippen LogP contribution in [0.3, 0.4) is 0 Å². The van der Waals surface area contributed by atoms with Crippen molar-refractivity contribution >= 4 is 47.2 Å². The van der Waals surface area contributed by atoms with Crippen molar-refractivity contribution in [1.29, 1.82) is 0 Å². The maximum atomic E-state index is 15.1. The van der Waals surface area contributed by atoms with Gasteiger partial charge in [-0.1, -0.05) is 41.9 Å². The maximum Gasteiger partial charge on any atom is 0.315 e. The van der Waals surface area contributed by atoms with Crippen LogP contribution in [0.25, 0.3) is 6.08 Å². The highest BCUT2D eigenvalue weighted by atomic mass is 32.2. The topological polar surface area (TPSA) is 181 Å². The number of hydrogen-bond donors (Lipinski definition) is 5. The summed E-state index contributed by atoms with van der Waals surface area (Å²) in [4.78, 5) is 67.6. The number of carbonyl (C=O) groups is 5. The van der Waals surface area contributed by atoms with Gasteiger partial charge in [-0.15, -0.1) is 0 Å². The Bertz CT molecular complexity index is 2320. The lowest BCUT2D eigenvalue weighted by Crippen LogP contribution is -2.72. The molecule has 5 N–H and O–H groups in total. The number of hydrogen-bond acceptors (Lipinski definition) is 10. The first-order valence-electron chi connectivity index (χ1n) is 23.0. The Balaban J connectivity index is 0.993. The Morgan fingerprint density at radius 1 is 0.953 bits per heavy atom. The molecule has 1 spiro atoms. The Kier molecular flexibility index (Phi) is 12.3. The van der Waals surface area contributed by atoms with E-state index in [1.807, 2.05) is 64.6 Å². The monoisotopic (exact) mass is 896 g/mol. The molecule has 5 aliphatic heterocycles. The Morgan fingerprint density at radius 2 is 1.70 bits per heavy atom. The summed E-state index contributed by atoms with van der Waals surface area (Å²) in [7, 11) is 0. The molecule has 0 aromatic heterocycles. The number of thioether (sulfide) groups is 1. The van der Waals surface area contributed by atoms with E-state index in [4.69, 9.17) is 14.2 Å². The number of urea groups is 1. The smallest absolute Gasteiger partial charge is 0.315 e. The number of phenolic OH excluding ortho intramolecular Hbond substituents is 1. The molecule has 6 unspecified atom stereocenters. The van der Waals surface area contributed by atoms with Crippen molar-refractivity contribution in [2.75, 3.05) is 18.8 Å².